The predicted molar refractivity (Wildman–Crippen MR) is 86.6 cm³/mol. The van der Waals surface area contributed by atoms with Gasteiger partial charge in [-0.15, -0.1) is 0 Å². The quantitative estimate of drug-likeness (QED) is 0.932. The second-order valence-corrected chi connectivity index (χ2v) is 6.44. The van der Waals surface area contributed by atoms with Crippen LogP contribution in [0.5, 0.6) is 0 Å². The van der Waals surface area contributed by atoms with Crippen molar-refractivity contribution in [3.63, 3.8) is 0 Å². The molecular weight excluding hydrogens is 276 g/mol. The van der Waals surface area contributed by atoms with E-state index in [0.29, 0.717) is 18.6 Å². The second-order valence-electron chi connectivity index (χ2n) is 6.44. The molecule has 22 heavy (non-hydrogen) atoms. The first-order valence-corrected chi connectivity index (χ1v) is 8.52. The zero-order chi connectivity index (χ0) is 15.2. The average molecular weight is 302 g/mol. The summed E-state index contributed by atoms with van der Waals surface area (Å²) in [6.45, 7) is 3.16. The van der Waals surface area contributed by atoms with Gasteiger partial charge in [-0.05, 0) is 43.7 Å². The molecule has 2 unspecified atom stereocenters. The molecule has 0 aromatic heterocycles. The van der Waals surface area contributed by atoms with Crippen LogP contribution in [0.2, 0.25) is 0 Å². The van der Waals surface area contributed by atoms with Gasteiger partial charge in [0, 0.05) is 19.1 Å². The summed E-state index contributed by atoms with van der Waals surface area (Å²) in [6, 6.07) is 10.5. The first-order chi connectivity index (χ1) is 10.8. The summed E-state index contributed by atoms with van der Waals surface area (Å²) in [4.78, 5) is 14.2. The fourth-order valence-electron chi connectivity index (χ4n) is 3.60. The van der Waals surface area contributed by atoms with Gasteiger partial charge in [0.1, 0.15) is 6.61 Å². The molecule has 0 spiro atoms. The molecule has 2 atom stereocenters. The normalized spacial score (nSPS) is 25.7. The van der Waals surface area contributed by atoms with Crippen molar-refractivity contribution in [2.75, 3.05) is 19.6 Å². The molecule has 2 fully saturated rings. The van der Waals surface area contributed by atoms with E-state index in [0.717, 1.165) is 31.6 Å². The van der Waals surface area contributed by atoms with Crippen molar-refractivity contribution in [1.82, 2.24) is 10.2 Å². The molecule has 0 aliphatic carbocycles. The predicted octanol–water partition coefficient (Wildman–Crippen LogP) is 3.18. The van der Waals surface area contributed by atoms with Gasteiger partial charge in [0.15, 0.2) is 0 Å². The number of piperidine rings is 2. The second kappa shape index (κ2) is 7.63. The molecule has 0 bridgehead atoms. The maximum absolute atomic E-state index is 12.3. The van der Waals surface area contributed by atoms with Crippen molar-refractivity contribution >= 4 is 6.09 Å². The van der Waals surface area contributed by atoms with Gasteiger partial charge in [-0.2, -0.15) is 0 Å². The monoisotopic (exact) mass is 302 g/mol. The zero-order valence-corrected chi connectivity index (χ0v) is 13.2. The number of nitrogens with zero attached hydrogens (tertiary/aromatic N) is 1. The van der Waals surface area contributed by atoms with Crippen molar-refractivity contribution in [2.45, 2.75) is 44.8 Å². The number of nitrogens with one attached hydrogen (secondary N) is 1. The van der Waals surface area contributed by atoms with E-state index >= 15 is 0 Å². The minimum atomic E-state index is -0.163. The molecule has 0 radical (unpaired) electrons. The molecule has 1 aromatic carbocycles. The van der Waals surface area contributed by atoms with Gasteiger partial charge < -0.3 is 15.0 Å². The highest BCUT2D eigenvalue weighted by Crippen LogP contribution is 2.25. The van der Waals surface area contributed by atoms with Crippen LogP contribution in [0.3, 0.4) is 0 Å². The molecule has 2 aliphatic heterocycles. The van der Waals surface area contributed by atoms with Gasteiger partial charge in [-0.3, -0.25) is 0 Å². The fourth-order valence-corrected chi connectivity index (χ4v) is 3.60. The van der Waals surface area contributed by atoms with Crippen LogP contribution in [-0.2, 0) is 11.3 Å². The SMILES string of the molecule is O=C(OCc1ccccc1)N1CCCC(C2CCCCN2)C1. The number of hydrogen-bond acceptors (Lipinski definition) is 3. The minimum Gasteiger partial charge on any atom is -0.445 e. The van der Waals surface area contributed by atoms with Gasteiger partial charge in [-0.1, -0.05) is 36.8 Å². The Labute approximate surface area is 132 Å². The highest BCUT2D eigenvalue weighted by Gasteiger charge is 2.30. The molecular formula is C18H26N2O2. The van der Waals surface area contributed by atoms with Crippen LogP contribution in [-0.4, -0.2) is 36.7 Å². The van der Waals surface area contributed by atoms with Crippen LogP contribution in [0.1, 0.15) is 37.7 Å². The van der Waals surface area contributed by atoms with E-state index in [-0.39, 0.29) is 6.09 Å². The Morgan fingerprint density at radius 3 is 2.82 bits per heavy atom. The molecule has 2 aliphatic rings. The van der Waals surface area contributed by atoms with E-state index in [1.165, 1.54) is 25.7 Å². The van der Waals surface area contributed by atoms with E-state index in [4.69, 9.17) is 4.74 Å². The number of ether oxygens (including phenoxy) is 1. The Hall–Kier alpha value is -1.55. The van der Waals surface area contributed by atoms with E-state index in [1.807, 2.05) is 35.2 Å². The van der Waals surface area contributed by atoms with Crippen molar-refractivity contribution in [2.24, 2.45) is 5.92 Å². The van der Waals surface area contributed by atoms with E-state index in [9.17, 15) is 4.79 Å². The summed E-state index contributed by atoms with van der Waals surface area (Å²) in [6.07, 6.45) is 5.99. The molecule has 1 amide bonds. The lowest BCUT2D eigenvalue weighted by atomic mass is 9.86. The number of likely N-dealkylation sites (tertiary alicyclic amines) is 1. The summed E-state index contributed by atoms with van der Waals surface area (Å²) < 4.78 is 5.47. The molecule has 3 rings (SSSR count). The van der Waals surface area contributed by atoms with E-state index in [2.05, 4.69) is 5.32 Å². The van der Waals surface area contributed by atoms with Crippen LogP contribution < -0.4 is 5.32 Å². The number of hydrogen-bond donors (Lipinski definition) is 1. The number of amides is 1. The van der Waals surface area contributed by atoms with Crippen LogP contribution in [0.15, 0.2) is 30.3 Å². The van der Waals surface area contributed by atoms with Crippen molar-refractivity contribution in [1.29, 1.82) is 0 Å². The van der Waals surface area contributed by atoms with Gasteiger partial charge in [-0.25, -0.2) is 4.79 Å². The molecule has 4 nitrogen and oxygen atoms in total. The standard InChI is InChI=1S/C18H26N2O2/c21-18(22-14-15-7-2-1-3-8-15)20-12-6-9-16(13-20)17-10-4-5-11-19-17/h1-3,7-8,16-17,19H,4-6,9-14H2. The topological polar surface area (TPSA) is 41.6 Å². The van der Waals surface area contributed by atoms with Gasteiger partial charge >= 0.3 is 6.09 Å². The lowest BCUT2D eigenvalue weighted by Crippen LogP contribution is -2.49. The molecule has 0 saturated carbocycles. The molecule has 1 N–H and O–H groups in total. The molecule has 2 saturated heterocycles. The summed E-state index contributed by atoms with van der Waals surface area (Å²) in [5.41, 5.74) is 1.04. The van der Waals surface area contributed by atoms with Gasteiger partial charge in [0.25, 0.3) is 0 Å². The number of carbonyl (C=O) groups excluding carboxylic acids is 1. The van der Waals surface area contributed by atoms with Crippen LogP contribution in [0.4, 0.5) is 4.79 Å². The third kappa shape index (κ3) is 4.01. The van der Waals surface area contributed by atoms with Crippen molar-refractivity contribution in [3.8, 4) is 0 Å². The summed E-state index contributed by atoms with van der Waals surface area (Å²) in [5, 5.41) is 3.63. The first kappa shape index (κ1) is 15.3. The summed E-state index contributed by atoms with van der Waals surface area (Å²) in [7, 11) is 0. The first-order valence-electron chi connectivity index (χ1n) is 8.52. The highest BCUT2D eigenvalue weighted by atomic mass is 16.6. The lowest BCUT2D eigenvalue weighted by molar-refractivity contribution is 0.0714. The molecule has 120 valence electrons. The van der Waals surface area contributed by atoms with Crippen molar-refractivity contribution in [3.05, 3.63) is 35.9 Å². The average Bonchev–Trinajstić information content (AvgIpc) is 2.61. The fraction of sp³-hybridized carbons (Fsp3) is 0.611. The molecule has 4 heteroatoms. The Morgan fingerprint density at radius 2 is 2.05 bits per heavy atom. The lowest BCUT2D eigenvalue weighted by Gasteiger charge is -2.38. The Balaban J connectivity index is 1.49. The largest absolute Gasteiger partial charge is 0.445 e. The number of carbonyl (C=O) groups is 1. The number of benzene rings is 1. The van der Waals surface area contributed by atoms with Gasteiger partial charge in [0.2, 0.25) is 0 Å². The molecule has 2 heterocycles. The van der Waals surface area contributed by atoms with Crippen LogP contribution in [0, 0.1) is 5.92 Å². The zero-order valence-electron chi connectivity index (χ0n) is 13.2. The van der Waals surface area contributed by atoms with Gasteiger partial charge in [0.05, 0.1) is 0 Å². The Kier molecular flexibility index (Phi) is 5.33. The maximum atomic E-state index is 12.3. The third-order valence-corrected chi connectivity index (χ3v) is 4.84. The summed E-state index contributed by atoms with van der Waals surface area (Å²) in [5.74, 6) is 0.582. The molecule has 1 aromatic rings. The third-order valence-electron chi connectivity index (χ3n) is 4.84. The van der Waals surface area contributed by atoms with Crippen LogP contribution >= 0.6 is 0 Å². The van der Waals surface area contributed by atoms with Crippen LogP contribution in [0.25, 0.3) is 0 Å². The van der Waals surface area contributed by atoms with E-state index in [1.54, 1.807) is 0 Å². The van der Waals surface area contributed by atoms with Crippen molar-refractivity contribution < 1.29 is 9.53 Å². The maximum Gasteiger partial charge on any atom is 0.410 e. The number of rotatable bonds is 3. The summed E-state index contributed by atoms with van der Waals surface area (Å²) >= 11 is 0. The highest BCUT2D eigenvalue weighted by molar-refractivity contribution is 5.67. The Morgan fingerprint density at radius 1 is 1.18 bits per heavy atom. The smallest absolute Gasteiger partial charge is 0.410 e. The van der Waals surface area contributed by atoms with E-state index < -0.39 is 0 Å². The Bertz CT molecular complexity index is 471. The minimum absolute atomic E-state index is 0.163.